The number of rotatable bonds is 6. The van der Waals surface area contributed by atoms with Gasteiger partial charge >= 0.3 is 0 Å². The number of carbonyl (C=O) groups excluding carboxylic acids is 1. The van der Waals surface area contributed by atoms with Gasteiger partial charge in [0.1, 0.15) is 5.76 Å². The number of thioether (sulfide) groups is 1. The Bertz CT molecular complexity index is 942. The highest BCUT2D eigenvalue weighted by Crippen LogP contribution is 2.27. The van der Waals surface area contributed by atoms with Gasteiger partial charge in [0.2, 0.25) is 0 Å². The highest BCUT2D eigenvalue weighted by atomic mass is 32.2. The minimum absolute atomic E-state index is 0.171. The quantitative estimate of drug-likeness (QED) is 0.648. The first kappa shape index (κ1) is 17.8. The Morgan fingerprint density at radius 1 is 1.23 bits per heavy atom. The van der Waals surface area contributed by atoms with Crippen LogP contribution in [0.3, 0.4) is 0 Å². The molecule has 0 saturated heterocycles. The van der Waals surface area contributed by atoms with Gasteiger partial charge in [-0.25, -0.2) is 0 Å². The summed E-state index contributed by atoms with van der Waals surface area (Å²) in [6.07, 6.45) is 0.356. The maximum atomic E-state index is 12.6. The molecule has 0 spiro atoms. The molecule has 6 heteroatoms. The van der Waals surface area contributed by atoms with Gasteiger partial charge in [-0.2, -0.15) is 5.26 Å². The first-order chi connectivity index (χ1) is 12.7. The van der Waals surface area contributed by atoms with E-state index in [0.29, 0.717) is 23.4 Å². The van der Waals surface area contributed by atoms with Crippen molar-refractivity contribution >= 4 is 23.4 Å². The first-order valence-corrected chi connectivity index (χ1v) is 9.05. The molecule has 0 fully saturated rings. The normalized spacial score (nSPS) is 10.3. The Morgan fingerprint density at radius 3 is 2.69 bits per heavy atom. The molecule has 130 valence electrons. The molecule has 1 heterocycles. The van der Waals surface area contributed by atoms with Crippen molar-refractivity contribution in [3.8, 4) is 6.07 Å². The number of aryl methyl sites for hydroxylation is 1. The number of amides is 1. The maximum absolute atomic E-state index is 12.6. The van der Waals surface area contributed by atoms with Crippen LogP contribution in [0.2, 0.25) is 0 Å². The van der Waals surface area contributed by atoms with Gasteiger partial charge in [-0.3, -0.25) is 4.79 Å². The summed E-state index contributed by atoms with van der Waals surface area (Å²) < 4.78 is 5.22. The highest BCUT2D eigenvalue weighted by Gasteiger charge is 2.13. The zero-order valence-electron chi connectivity index (χ0n) is 14.2. The van der Waals surface area contributed by atoms with E-state index in [9.17, 15) is 4.79 Å². The minimum Gasteiger partial charge on any atom is -0.360 e. The second-order valence-electron chi connectivity index (χ2n) is 5.71. The molecule has 0 aliphatic rings. The molecule has 5 nitrogen and oxygen atoms in total. The van der Waals surface area contributed by atoms with Crippen molar-refractivity contribution in [2.75, 3.05) is 5.32 Å². The summed E-state index contributed by atoms with van der Waals surface area (Å²) in [6, 6.07) is 18.7. The number of benzene rings is 2. The third-order valence-electron chi connectivity index (χ3n) is 3.67. The van der Waals surface area contributed by atoms with Crippen LogP contribution >= 0.6 is 11.8 Å². The summed E-state index contributed by atoms with van der Waals surface area (Å²) in [6.45, 7) is 1.88. The van der Waals surface area contributed by atoms with E-state index in [1.807, 2.05) is 43.3 Å². The topological polar surface area (TPSA) is 78.9 Å². The molecule has 3 rings (SSSR count). The molecule has 0 bridgehead atoms. The predicted octanol–water partition coefficient (Wildman–Crippen LogP) is 4.59. The van der Waals surface area contributed by atoms with E-state index < -0.39 is 0 Å². The Morgan fingerprint density at radius 2 is 2.00 bits per heavy atom. The van der Waals surface area contributed by atoms with Gasteiger partial charge in [-0.15, -0.1) is 11.8 Å². The third kappa shape index (κ3) is 4.52. The molecule has 0 aliphatic carbocycles. The van der Waals surface area contributed by atoms with Crippen molar-refractivity contribution in [3.05, 3.63) is 77.2 Å². The lowest BCUT2D eigenvalue weighted by molar-refractivity contribution is 0.102. The number of nitrogens with zero attached hydrogens (tertiary/aromatic N) is 2. The molecule has 26 heavy (non-hydrogen) atoms. The molecule has 1 amide bonds. The van der Waals surface area contributed by atoms with E-state index in [1.165, 1.54) is 11.8 Å². The van der Waals surface area contributed by atoms with Gasteiger partial charge in [-0.05, 0) is 36.8 Å². The van der Waals surface area contributed by atoms with Crippen molar-refractivity contribution in [1.82, 2.24) is 5.16 Å². The average Bonchev–Trinajstić information content (AvgIpc) is 3.07. The fourth-order valence-corrected chi connectivity index (χ4v) is 3.33. The fourth-order valence-electron chi connectivity index (χ4n) is 2.41. The van der Waals surface area contributed by atoms with Crippen LogP contribution in [-0.4, -0.2) is 11.1 Å². The van der Waals surface area contributed by atoms with Gasteiger partial charge in [0.15, 0.2) is 0 Å². The predicted molar refractivity (Wildman–Crippen MR) is 101 cm³/mol. The molecule has 1 aromatic heterocycles. The van der Waals surface area contributed by atoms with Crippen LogP contribution in [0.1, 0.15) is 27.4 Å². The van der Waals surface area contributed by atoms with Crippen molar-refractivity contribution in [3.63, 3.8) is 0 Å². The van der Waals surface area contributed by atoms with Crippen LogP contribution in [0.15, 0.2) is 64.0 Å². The zero-order chi connectivity index (χ0) is 18.4. The molecule has 2 aromatic carbocycles. The van der Waals surface area contributed by atoms with Crippen LogP contribution in [0.4, 0.5) is 5.69 Å². The van der Waals surface area contributed by atoms with Crippen LogP contribution < -0.4 is 5.32 Å². The summed E-state index contributed by atoms with van der Waals surface area (Å²) in [5.41, 5.74) is 3.06. The standard InChI is InChI=1S/C20H17N3O2S/c1-14-12-17(25-23-14)13-26-19-5-3-2-4-18(19)20(24)22-16-8-6-15(7-9-16)10-11-21/h2-9,12H,10,13H2,1H3,(H,22,24). The van der Waals surface area contributed by atoms with E-state index in [-0.39, 0.29) is 5.91 Å². The molecule has 3 aromatic rings. The molecule has 0 saturated carbocycles. The summed E-state index contributed by atoms with van der Waals surface area (Å²) in [4.78, 5) is 13.5. The van der Waals surface area contributed by atoms with Crippen molar-refractivity contribution in [2.45, 2.75) is 24.0 Å². The Balaban J connectivity index is 1.69. The molecule has 1 N–H and O–H groups in total. The molecule has 0 aliphatic heterocycles. The fraction of sp³-hybridized carbons (Fsp3) is 0.150. The van der Waals surface area contributed by atoms with E-state index >= 15 is 0 Å². The molecule has 0 unspecified atom stereocenters. The number of carbonyl (C=O) groups is 1. The number of nitriles is 1. The highest BCUT2D eigenvalue weighted by molar-refractivity contribution is 7.98. The molecule has 0 radical (unpaired) electrons. The van der Waals surface area contributed by atoms with Gasteiger partial charge < -0.3 is 9.84 Å². The van der Waals surface area contributed by atoms with Gasteiger partial charge in [0.05, 0.1) is 29.5 Å². The molecular formula is C20H17N3O2S. The van der Waals surface area contributed by atoms with Crippen LogP contribution in [-0.2, 0) is 12.2 Å². The molecule has 0 atom stereocenters. The van der Waals surface area contributed by atoms with Gasteiger partial charge in [-0.1, -0.05) is 29.4 Å². The number of hydrogen-bond donors (Lipinski definition) is 1. The zero-order valence-corrected chi connectivity index (χ0v) is 15.0. The van der Waals surface area contributed by atoms with Gasteiger partial charge in [0.25, 0.3) is 5.91 Å². The second kappa shape index (κ2) is 8.37. The summed E-state index contributed by atoms with van der Waals surface area (Å²) >= 11 is 1.53. The van der Waals surface area contributed by atoms with E-state index in [4.69, 9.17) is 9.78 Å². The summed E-state index contributed by atoms with van der Waals surface area (Å²) in [5, 5.41) is 15.5. The van der Waals surface area contributed by atoms with Crippen LogP contribution in [0, 0.1) is 18.3 Å². The lowest BCUT2D eigenvalue weighted by Crippen LogP contribution is -2.13. The minimum atomic E-state index is -0.171. The van der Waals surface area contributed by atoms with Gasteiger partial charge in [0, 0.05) is 16.6 Å². The summed E-state index contributed by atoms with van der Waals surface area (Å²) in [5.74, 6) is 1.21. The van der Waals surface area contributed by atoms with Crippen molar-refractivity contribution in [2.24, 2.45) is 0 Å². The SMILES string of the molecule is Cc1cc(CSc2ccccc2C(=O)Nc2ccc(CC#N)cc2)on1. The lowest BCUT2D eigenvalue weighted by atomic mass is 10.1. The van der Waals surface area contributed by atoms with Crippen molar-refractivity contribution < 1.29 is 9.32 Å². The Labute approximate surface area is 156 Å². The second-order valence-corrected chi connectivity index (χ2v) is 6.72. The van der Waals surface area contributed by atoms with E-state index in [0.717, 1.165) is 21.9 Å². The first-order valence-electron chi connectivity index (χ1n) is 8.07. The maximum Gasteiger partial charge on any atom is 0.256 e. The number of nitrogens with one attached hydrogen (secondary N) is 1. The van der Waals surface area contributed by atoms with E-state index in [2.05, 4.69) is 16.5 Å². The lowest BCUT2D eigenvalue weighted by Gasteiger charge is -2.09. The number of anilines is 1. The third-order valence-corrected chi connectivity index (χ3v) is 4.77. The van der Waals surface area contributed by atoms with Crippen LogP contribution in [0.25, 0.3) is 0 Å². The monoisotopic (exact) mass is 363 g/mol. The van der Waals surface area contributed by atoms with E-state index in [1.54, 1.807) is 18.2 Å². The number of aromatic nitrogens is 1. The summed E-state index contributed by atoms with van der Waals surface area (Å²) in [7, 11) is 0. The smallest absolute Gasteiger partial charge is 0.256 e. The van der Waals surface area contributed by atoms with Crippen LogP contribution in [0.5, 0.6) is 0 Å². The number of hydrogen-bond acceptors (Lipinski definition) is 5. The Hall–Kier alpha value is -3.04. The average molecular weight is 363 g/mol. The molecular weight excluding hydrogens is 346 g/mol. The van der Waals surface area contributed by atoms with Crippen molar-refractivity contribution in [1.29, 1.82) is 5.26 Å². The Kier molecular flexibility index (Phi) is 5.72. The largest absolute Gasteiger partial charge is 0.360 e.